The van der Waals surface area contributed by atoms with Crippen molar-refractivity contribution in [3.8, 4) is 0 Å². The van der Waals surface area contributed by atoms with E-state index in [-0.39, 0.29) is 17.9 Å². The van der Waals surface area contributed by atoms with E-state index in [1.165, 1.54) is 5.69 Å². The number of para-hydroxylation sites is 1. The summed E-state index contributed by atoms with van der Waals surface area (Å²) in [6, 6.07) is 30.8. The Bertz CT molecular complexity index is 833. The van der Waals surface area contributed by atoms with Gasteiger partial charge in [-0.3, -0.25) is 4.79 Å². The Morgan fingerprint density at radius 2 is 1.21 bits per heavy atom. The first-order chi connectivity index (χ1) is 13.8. The molecule has 4 rings (SSSR count). The highest BCUT2D eigenvalue weighted by atomic mass is 16.1. The average Bonchev–Trinajstić information content (AvgIpc) is 2.79. The molecule has 28 heavy (non-hydrogen) atoms. The van der Waals surface area contributed by atoms with Gasteiger partial charge in [0.2, 0.25) is 5.91 Å². The summed E-state index contributed by atoms with van der Waals surface area (Å²) in [5.41, 5.74) is 3.47. The average molecular weight is 370 g/mol. The minimum absolute atomic E-state index is 0.0647. The molecule has 1 fully saturated rings. The van der Waals surface area contributed by atoms with Crippen molar-refractivity contribution in [3.63, 3.8) is 0 Å². The fourth-order valence-electron chi connectivity index (χ4n) is 3.95. The molecule has 3 aromatic rings. The first kappa shape index (κ1) is 18.3. The summed E-state index contributed by atoms with van der Waals surface area (Å²) < 4.78 is 0. The van der Waals surface area contributed by atoms with Gasteiger partial charge in [-0.05, 0) is 36.1 Å². The molecular formula is C25H26N2O. The molecule has 3 nitrogen and oxygen atoms in total. The second kappa shape index (κ2) is 8.75. The third-order valence-electron chi connectivity index (χ3n) is 5.54. The van der Waals surface area contributed by atoms with E-state index in [0.717, 1.165) is 37.1 Å². The summed E-state index contributed by atoms with van der Waals surface area (Å²) in [6.07, 6.45) is 1.77. The molecule has 1 saturated heterocycles. The van der Waals surface area contributed by atoms with E-state index in [9.17, 15) is 4.79 Å². The van der Waals surface area contributed by atoms with Gasteiger partial charge in [0.25, 0.3) is 0 Å². The Labute approximate surface area is 167 Å². The maximum atomic E-state index is 13.1. The molecule has 142 valence electrons. The van der Waals surface area contributed by atoms with Crippen LogP contribution >= 0.6 is 0 Å². The zero-order chi connectivity index (χ0) is 19.2. The fraction of sp³-hybridized carbons (Fsp3) is 0.240. The van der Waals surface area contributed by atoms with E-state index >= 15 is 0 Å². The number of hydrogen-bond acceptors (Lipinski definition) is 2. The van der Waals surface area contributed by atoms with Crippen LogP contribution in [-0.4, -0.2) is 19.0 Å². The molecule has 0 atom stereocenters. The molecule has 0 radical (unpaired) electrons. The summed E-state index contributed by atoms with van der Waals surface area (Å²) in [7, 11) is 0. The van der Waals surface area contributed by atoms with Crippen molar-refractivity contribution in [1.82, 2.24) is 5.32 Å². The molecule has 1 heterocycles. The molecule has 0 aliphatic carbocycles. The number of piperidine rings is 1. The zero-order valence-electron chi connectivity index (χ0n) is 16.0. The van der Waals surface area contributed by atoms with Crippen molar-refractivity contribution in [2.24, 2.45) is 5.92 Å². The van der Waals surface area contributed by atoms with E-state index in [2.05, 4.69) is 58.7 Å². The molecule has 3 aromatic carbocycles. The van der Waals surface area contributed by atoms with Gasteiger partial charge in [0.1, 0.15) is 0 Å². The number of carbonyl (C=O) groups is 1. The second-order valence-electron chi connectivity index (χ2n) is 7.36. The summed E-state index contributed by atoms with van der Waals surface area (Å²) in [5, 5.41) is 3.32. The third-order valence-corrected chi connectivity index (χ3v) is 5.54. The van der Waals surface area contributed by atoms with Gasteiger partial charge in [0.15, 0.2) is 0 Å². The van der Waals surface area contributed by atoms with E-state index in [1.54, 1.807) is 0 Å². The van der Waals surface area contributed by atoms with Crippen molar-refractivity contribution >= 4 is 11.6 Å². The Morgan fingerprint density at radius 1 is 0.750 bits per heavy atom. The van der Waals surface area contributed by atoms with Gasteiger partial charge in [-0.1, -0.05) is 78.9 Å². The molecule has 0 spiro atoms. The summed E-state index contributed by atoms with van der Waals surface area (Å²) in [6.45, 7) is 1.84. The van der Waals surface area contributed by atoms with Gasteiger partial charge < -0.3 is 10.2 Å². The molecule has 1 N–H and O–H groups in total. The monoisotopic (exact) mass is 370 g/mol. The minimum Gasteiger partial charge on any atom is -0.371 e. The van der Waals surface area contributed by atoms with E-state index < -0.39 is 0 Å². The largest absolute Gasteiger partial charge is 0.371 e. The standard InChI is InChI=1S/C25H26N2O/c28-25(22-16-18-27(19-17-22)23-14-8-3-9-15-23)26-24(20-10-4-1-5-11-20)21-12-6-2-7-13-21/h1-15,22,24H,16-19H2,(H,26,28). The molecule has 0 aromatic heterocycles. The number of anilines is 1. The van der Waals surface area contributed by atoms with Crippen LogP contribution in [0.4, 0.5) is 5.69 Å². The number of nitrogens with zero attached hydrogens (tertiary/aromatic N) is 1. The highest BCUT2D eigenvalue weighted by Crippen LogP contribution is 2.26. The molecule has 1 aliphatic heterocycles. The molecule has 0 saturated carbocycles. The Hall–Kier alpha value is -3.07. The van der Waals surface area contributed by atoms with Crippen molar-refractivity contribution in [2.75, 3.05) is 18.0 Å². The van der Waals surface area contributed by atoms with Gasteiger partial charge in [-0.25, -0.2) is 0 Å². The SMILES string of the molecule is O=C(NC(c1ccccc1)c1ccccc1)C1CCN(c2ccccc2)CC1. The quantitative estimate of drug-likeness (QED) is 0.699. The summed E-state index contributed by atoms with van der Waals surface area (Å²) in [5.74, 6) is 0.223. The predicted molar refractivity (Wildman–Crippen MR) is 114 cm³/mol. The van der Waals surface area contributed by atoms with Crippen molar-refractivity contribution in [2.45, 2.75) is 18.9 Å². The van der Waals surface area contributed by atoms with Crippen LogP contribution in [0, 0.1) is 5.92 Å². The maximum absolute atomic E-state index is 13.1. The van der Waals surface area contributed by atoms with Crippen molar-refractivity contribution in [1.29, 1.82) is 0 Å². The van der Waals surface area contributed by atoms with Crippen LogP contribution in [0.2, 0.25) is 0 Å². The molecule has 3 heteroatoms. The zero-order valence-corrected chi connectivity index (χ0v) is 16.0. The van der Waals surface area contributed by atoms with Gasteiger partial charge in [-0.15, -0.1) is 0 Å². The number of carbonyl (C=O) groups excluding carboxylic acids is 1. The molecule has 0 unspecified atom stereocenters. The highest BCUT2D eigenvalue weighted by molar-refractivity contribution is 5.80. The van der Waals surface area contributed by atoms with Gasteiger partial charge in [0, 0.05) is 24.7 Å². The summed E-state index contributed by atoms with van der Waals surface area (Å²) >= 11 is 0. The number of hydrogen-bond donors (Lipinski definition) is 1. The van der Waals surface area contributed by atoms with Crippen LogP contribution in [0.1, 0.15) is 30.0 Å². The minimum atomic E-state index is -0.109. The van der Waals surface area contributed by atoms with Crippen molar-refractivity contribution in [3.05, 3.63) is 102 Å². The first-order valence-corrected chi connectivity index (χ1v) is 10.0. The van der Waals surface area contributed by atoms with Crippen LogP contribution in [0.5, 0.6) is 0 Å². The number of amides is 1. The fourth-order valence-corrected chi connectivity index (χ4v) is 3.95. The normalized spacial score (nSPS) is 14.8. The van der Waals surface area contributed by atoms with Crippen molar-refractivity contribution < 1.29 is 4.79 Å². The lowest BCUT2D eigenvalue weighted by molar-refractivity contribution is -0.126. The van der Waals surface area contributed by atoms with E-state index in [4.69, 9.17) is 0 Å². The number of nitrogens with one attached hydrogen (secondary N) is 1. The number of benzene rings is 3. The molecular weight excluding hydrogens is 344 g/mol. The smallest absolute Gasteiger partial charge is 0.223 e. The lowest BCUT2D eigenvalue weighted by Crippen LogP contribution is -2.41. The predicted octanol–water partition coefficient (Wildman–Crippen LogP) is 4.81. The summed E-state index contributed by atoms with van der Waals surface area (Å²) in [4.78, 5) is 15.4. The Balaban J connectivity index is 1.44. The third kappa shape index (κ3) is 4.25. The first-order valence-electron chi connectivity index (χ1n) is 10.0. The van der Waals surface area contributed by atoms with Crippen LogP contribution in [-0.2, 0) is 4.79 Å². The molecule has 1 amide bonds. The second-order valence-corrected chi connectivity index (χ2v) is 7.36. The Kier molecular flexibility index (Phi) is 5.72. The molecule has 0 bridgehead atoms. The van der Waals surface area contributed by atoms with Crippen LogP contribution in [0.25, 0.3) is 0 Å². The van der Waals surface area contributed by atoms with Gasteiger partial charge >= 0.3 is 0 Å². The number of rotatable bonds is 5. The lowest BCUT2D eigenvalue weighted by Gasteiger charge is -2.33. The van der Waals surface area contributed by atoms with Gasteiger partial charge in [0.05, 0.1) is 6.04 Å². The highest BCUT2D eigenvalue weighted by Gasteiger charge is 2.27. The Morgan fingerprint density at radius 3 is 1.71 bits per heavy atom. The van der Waals surface area contributed by atoms with Crippen LogP contribution in [0.3, 0.4) is 0 Å². The maximum Gasteiger partial charge on any atom is 0.223 e. The van der Waals surface area contributed by atoms with Crippen LogP contribution in [0.15, 0.2) is 91.0 Å². The van der Waals surface area contributed by atoms with Crippen LogP contribution < -0.4 is 10.2 Å². The topological polar surface area (TPSA) is 32.3 Å². The van der Waals surface area contributed by atoms with E-state index in [0.29, 0.717) is 0 Å². The van der Waals surface area contributed by atoms with E-state index in [1.807, 2.05) is 42.5 Å². The lowest BCUT2D eigenvalue weighted by atomic mass is 9.93. The van der Waals surface area contributed by atoms with Gasteiger partial charge in [-0.2, -0.15) is 0 Å². The molecule has 1 aliphatic rings.